The van der Waals surface area contributed by atoms with Gasteiger partial charge < -0.3 is 69.9 Å². The molecule has 2 aromatic heterocycles. The number of anilines is 6. The first-order valence-electron chi connectivity index (χ1n) is 29.4. The normalized spacial score (nSPS) is 20.0. The van der Waals surface area contributed by atoms with Crippen LogP contribution in [0.3, 0.4) is 0 Å². The fourth-order valence-corrected chi connectivity index (χ4v) is 11.0. The summed E-state index contributed by atoms with van der Waals surface area (Å²) in [5, 5.41) is 31.5. The molecule has 2 aromatic carbocycles. The maximum absolute atomic E-state index is 12.9. The Labute approximate surface area is 515 Å². The Kier molecular flexibility index (Phi) is 25.4. The summed E-state index contributed by atoms with van der Waals surface area (Å²) in [5.41, 5.74) is 5.37. The number of aromatic nitrogens is 2. The highest BCUT2D eigenvalue weighted by molar-refractivity contribution is 14.1. The number of hydrogen-bond donors (Lipinski definition) is 6. The Morgan fingerprint density at radius 3 is 1.65 bits per heavy atom. The van der Waals surface area contributed by atoms with Gasteiger partial charge in [0.1, 0.15) is 23.3 Å². The van der Waals surface area contributed by atoms with Crippen LogP contribution in [0.25, 0.3) is 11.1 Å². The summed E-state index contributed by atoms with van der Waals surface area (Å²) in [5.74, 6) is 3.49. The van der Waals surface area contributed by atoms with Crippen LogP contribution in [-0.2, 0) is 18.8 Å². The number of ether oxygens (including phenoxy) is 2. The molecular formula is C60H89BF3IN10O8S. The fraction of sp³-hybridized carbons (Fsp3) is 0.600. The van der Waals surface area contributed by atoms with Crippen molar-refractivity contribution in [3.63, 3.8) is 0 Å². The molecule has 0 bridgehead atoms. The van der Waals surface area contributed by atoms with Crippen molar-refractivity contribution in [3.8, 4) is 11.1 Å². The second-order valence-corrected chi connectivity index (χ2v) is 24.4. The van der Waals surface area contributed by atoms with E-state index in [0.717, 1.165) is 138 Å². The number of benzene rings is 2. The number of pyridine rings is 2. The minimum absolute atomic E-state index is 0. The van der Waals surface area contributed by atoms with Gasteiger partial charge in [-0.3, -0.25) is 0 Å². The summed E-state index contributed by atoms with van der Waals surface area (Å²) in [4.78, 5) is 42.7. The quantitative estimate of drug-likeness (QED) is 0.0458. The molecule has 7 heterocycles. The molecule has 18 nitrogen and oxygen atoms in total. The summed E-state index contributed by atoms with van der Waals surface area (Å²) >= 11 is 2.30. The number of aliphatic hydroxyl groups excluding tert-OH is 2. The molecule has 0 spiro atoms. The Balaban J connectivity index is 0.000000209. The van der Waals surface area contributed by atoms with Crippen molar-refractivity contribution in [1.29, 1.82) is 0 Å². The number of aryl methyl sites for hydroxylation is 2. The molecule has 0 saturated carbocycles. The Morgan fingerprint density at radius 2 is 1.17 bits per heavy atom. The molecule has 84 heavy (non-hydrogen) atoms. The predicted octanol–water partition coefficient (Wildman–Crippen LogP) is 10.3. The van der Waals surface area contributed by atoms with E-state index in [0.29, 0.717) is 37.8 Å². The number of carbonyl (C=O) groups excluding carboxylic acids is 2. The van der Waals surface area contributed by atoms with Crippen LogP contribution in [0.4, 0.5) is 57.4 Å². The number of carbonyl (C=O) groups is 2. The van der Waals surface area contributed by atoms with Gasteiger partial charge in [0.05, 0.1) is 62.9 Å². The van der Waals surface area contributed by atoms with Crippen molar-refractivity contribution in [2.24, 2.45) is 11.8 Å². The van der Waals surface area contributed by atoms with Gasteiger partial charge in [0.2, 0.25) is 0 Å². The van der Waals surface area contributed by atoms with Crippen LogP contribution in [-0.4, -0.2) is 171 Å². The molecule has 0 aliphatic carbocycles. The van der Waals surface area contributed by atoms with Crippen LogP contribution in [0.1, 0.15) is 98.1 Å². The van der Waals surface area contributed by atoms with Crippen molar-refractivity contribution < 1.29 is 51.8 Å². The van der Waals surface area contributed by atoms with Gasteiger partial charge >= 0.3 is 25.4 Å². The monoisotopic (exact) mass is 1300 g/mol. The molecule has 9 rings (SSSR count). The van der Waals surface area contributed by atoms with Gasteiger partial charge in [-0.05, 0) is 172 Å². The van der Waals surface area contributed by atoms with Gasteiger partial charge in [0.25, 0.3) is 0 Å². The lowest BCUT2D eigenvalue weighted by Gasteiger charge is -2.32. The molecular weight excluding hydrogens is 1220 g/mol. The number of likely N-dealkylation sites (tertiary alicyclic amines) is 2. The average Bonchev–Trinajstić information content (AvgIpc) is 3.65. The number of alkyl halides is 3. The van der Waals surface area contributed by atoms with Crippen molar-refractivity contribution in [2.75, 3.05) is 123 Å². The third-order valence-corrected chi connectivity index (χ3v) is 17.1. The number of halogens is 4. The van der Waals surface area contributed by atoms with E-state index in [1.165, 1.54) is 4.90 Å². The summed E-state index contributed by atoms with van der Waals surface area (Å²) in [7, 11) is -0.556. The molecule has 6 N–H and O–H groups in total. The third-order valence-electron chi connectivity index (χ3n) is 16.5. The second kappa shape index (κ2) is 31.2. The fourth-order valence-electron chi connectivity index (χ4n) is 10.4. The Hall–Kier alpha value is -4.83. The summed E-state index contributed by atoms with van der Waals surface area (Å²) in [6, 6.07) is 19.3. The largest absolute Gasteiger partial charge is 0.495 e. The van der Waals surface area contributed by atoms with E-state index in [2.05, 4.69) is 84.6 Å². The molecule has 5 saturated heterocycles. The number of aliphatic hydroxyl groups is 2. The van der Waals surface area contributed by atoms with Crippen LogP contribution in [0.2, 0.25) is 0 Å². The molecule has 4 atom stereocenters. The van der Waals surface area contributed by atoms with Crippen molar-refractivity contribution in [1.82, 2.24) is 19.8 Å². The molecule has 0 radical (unpaired) electrons. The standard InChI is InChI=1S/C27H39N5O3.C20H28BF3N2O3.C13H20IN3O2.H2S/c1-4-20-8-9-32(17-20)27(34)29-23-7-6-19(3)24(16-23)21-14-25(28-22(5-2)18-33)30-26(15-21)31-10-12-35-13-11-31;1-13-6-7-15(10-16(13)21-28-18(2,3)19(4,5)29-21)25-17(27)26-9-8-14(12-26)11-20(22,23)24;1-2-11(9-18)15-12-7-10(14)8-13(16-12)17-3-5-19-6-4-17;/h6-7,14-16,20,22,33H,4-5,8-13,17-18H2,1-3H3,(H,28,30)(H,29,34);6-7,10,14H,8-9,11-12H2,1-5H3,(H,25,27);7-8,11,18H,2-6,9H2,1H3,(H,15,16);1H2/t20-,22-;14-;11-;/m101./s1. The third kappa shape index (κ3) is 19.1. The van der Waals surface area contributed by atoms with E-state index < -0.39 is 42.9 Å². The number of nitrogens with one attached hydrogen (secondary N) is 4. The SMILES string of the molecule is CC[C@@H]1CCN(C(=O)Nc2ccc(C)c(-c3cc(N[C@H](CC)CO)nc(N4CCOCC4)c3)c2)C1.CC[C@H](CO)Nc1cc(I)cc(N2CCOCC2)n1.Cc1ccc(NC(=O)N2CC[C@@H](CC(F)(F)F)C2)cc1B1OC(C)(C)C(C)(C)O1.S. The first-order valence-corrected chi connectivity index (χ1v) is 30.4. The predicted molar refractivity (Wildman–Crippen MR) is 343 cm³/mol. The van der Waals surface area contributed by atoms with Gasteiger partial charge in [0, 0.05) is 73.7 Å². The number of morpholine rings is 2. The van der Waals surface area contributed by atoms with Gasteiger partial charge in [-0.1, -0.05) is 44.9 Å². The smallest absolute Gasteiger partial charge is 0.399 e. The lowest BCUT2D eigenvalue weighted by atomic mass is 9.76. The number of urea groups is 2. The maximum atomic E-state index is 12.9. The number of nitrogens with zero attached hydrogens (tertiary/aromatic N) is 6. The zero-order valence-corrected chi connectivity index (χ0v) is 53.5. The van der Waals surface area contributed by atoms with Crippen molar-refractivity contribution in [3.05, 3.63) is 75.4 Å². The average molecular weight is 1310 g/mol. The summed E-state index contributed by atoms with van der Waals surface area (Å²) in [6.07, 6.45) is -0.842. The number of rotatable bonds is 16. The van der Waals surface area contributed by atoms with E-state index in [9.17, 15) is 33.0 Å². The minimum atomic E-state index is -4.20. The summed E-state index contributed by atoms with van der Waals surface area (Å²) < 4.78 is 62.0. The van der Waals surface area contributed by atoms with E-state index in [1.807, 2.05) is 89.8 Å². The molecule has 4 aromatic rings. The Morgan fingerprint density at radius 1 is 0.690 bits per heavy atom. The van der Waals surface area contributed by atoms with Crippen LogP contribution >= 0.6 is 36.1 Å². The van der Waals surface area contributed by atoms with Crippen LogP contribution in [0, 0.1) is 29.3 Å². The van der Waals surface area contributed by atoms with E-state index in [-0.39, 0.29) is 51.4 Å². The lowest BCUT2D eigenvalue weighted by Crippen LogP contribution is -2.41. The first kappa shape index (κ1) is 68.3. The van der Waals surface area contributed by atoms with Gasteiger partial charge in [-0.15, -0.1) is 0 Å². The minimum Gasteiger partial charge on any atom is -0.399 e. The molecule has 5 aliphatic rings. The maximum Gasteiger partial charge on any atom is 0.495 e. The molecule has 4 amide bonds. The van der Waals surface area contributed by atoms with Gasteiger partial charge in [0.15, 0.2) is 0 Å². The zero-order chi connectivity index (χ0) is 60.1. The van der Waals surface area contributed by atoms with Crippen LogP contribution in [0.5, 0.6) is 0 Å². The number of amides is 4. The highest BCUT2D eigenvalue weighted by Crippen LogP contribution is 2.38. The molecule has 5 aliphatic heterocycles. The molecule has 464 valence electrons. The zero-order valence-electron chi connectivity index (χ0n) is 50.3. The molecule has 5 fully saturated rings. The highest BCUT2D eigenvalue weighted by atomic mass is 127. The molecule has 0 unspecified atom stereocenters. The second-order valence-electron chi connectivity index (χ2n) is 23.2. The first-order chi connectivity index (χ1) is 39.5. The van der Waals surface area contributed by atoms with Gasteiger partial charge in [-0.2, -0.15) is 26.7 Å². The highest BCUT2D eigenvalue weighted by Gasteiger charge is 2.52. The van der Waals surface area contributed by atoms with Crippen molar-refractivity contribution >= 4 is 95.4 Å². The number of hydrogen-bond acceptors (Lipinski definition) is 14. The van der Waals surface area contributed by atoms with Crippen LogP contribution < -0.4 is 36.5 Å². The Bertz CT molecular complexity index is 2760. The lowest BCUT2D eigenvalue weighted by molar-refractivity contribution is -0.143. The molecule has 24 heteroatoms. The topological polar surface area (TPSA) is 198 Å². The van der Waals surface area contributed by atoms with Crippen LogP contribution in [0.15, 0.2) is 60.7 Å². The van der Waals surface area contributed by atoms with Crippen molar-refractivity contribution in [2.45, 2.75) is 130 Å². The van der Waals surface area contributed by atoms with Gasteiger partial charge in [-0.25, -0.2) is 19.6 Å². The van der Waals surface area contributed by atoms with E-state index in [4.69, 9.17) is 23.8 Å². The summed E-state index contributed by atoms with van der Waals surface area (Å²) in [6.45, 7) is 26.6. The van der Waals surface area contributed by atoms with E-state index >= 15 is 0 Å². The van der Waals surface area contributed by atoms with E-state index in [1.54, 1.807) is 12.1 Å².